The summed E-state index contributed by atoms with van der Waals surface area (Å²) in [6.45, 7) is 3.11. The molecule has 2 aliphatic heterocycles. The normalized spacial score (nSPS) is 28.4. The van der Waals surface area contributed by atoms with E-state index in [1.165, 1.54) is 16.0 Å². The van der Waals surface area contributed by atoms with Crippen LogP contribution in [0, 0.1) is 17.8 Å². The molecule has 1 aromatic carbocycles. The summed E-state index contributed by atoms with van der Waals surface area (Å²) in [4.78, 5) is 26.7. The third-order valence-corrected chi connectivity index (χ3v) is 6.99. The van der Waals surface area contributed by atoms with E-state index in [2.05, 4.69) is 13.0 Å². The van der Waals surface area contributed by atoms with Gasteiger partial charge in [-0.3, -0.25) is 14.5 Å². The van der Waals surface area contributed by atoms with Crippen LogP contribution >= 0.6 is 0 Å². The van der Waals surface area contributed by atoms with Gasteiger partial charge in [0.15, 0.2) is 0 Å². The van der Waals surface area contributed by atoms with Crippen molar-refractivity contribution in [3.8, 4) is 5.75 Å². The molecule has 2 amide bonds. The van der Waals surface area contributed by atoms with Gasteiger partial charge in [0.05, 0.1) is 31.2 Å². The lowest BCUT2D eigenvalue weighted by Gasteiger charge is -2.31. The minimum atomic E-state index is -0.295. The van der Waals surface area contributed by atoms with E-state index in [0.717, 1.165) is 30.4 Å². The Bertz CT molecular complexity index is 916. The lowest BCUT2D eigenvalue weighted by Crippen LogP contribution is -2.34. The number of phenols is 1. The highest BCUT2D eigenvalue weighted by molar-refractivity contribution is 6.05. The number of carbonyl (C=O) groups is 2. The third-order valence-electron chi connectivity index (χ3n) is 6.99. The van der Waals surface area contributed by atoms with Crippen LogP contribution in [0.5, 0.6) is 5.75 Å². The number of nitrogens with zero attached hydrogens (tertiary/aromatic N) is 1. The second-order valence-electron chi connectivity index (χ2n) is 8.78. The van der Waals surface area contributed by atoms with Gasteiger partial charge in [-0.15, -0.1) is 0 Å². The molecule has 4 atom stereocenters. The lowest BCUT2D eigenvalue weighted by molar-refractivity contribution is -0.138. The van der Waals surface area contributed by atoms with Gasteiger partial charge in [0.25, 0.3) is 0 Å². The Morgan fingerprint density at radius 3 is 2.65 bits per heavy atom. The molecule has 1 aliphatic carbocycles. The van der Waals surface area contributed by atoms with Crippen molar-refractivity contribution in [1.29, 1.82) is 0 Å². The molecule has 2 saturated heterocycles. The van der Waals surface area contributed by atoms with Crippen LogP contribution in [0.1, 0.15) is 38.2 Å². The van der Waals surface area contributed by atoms with Crippen molar-refractivity contribution in [1.82, 2.24) is 4.90 Å². The van der Waals surface area contributed by atoms with Crippen LogP contribution in [0.25, 0.3) is 6.08 Å². The first-order valence-electron chi connectivity index (χ1n) is 11.1. The Morgan fingerprint density at radius 2 is 1.97 bits per heavy atom. The van der Waals surface area contributed by atoms with Gasteiger partial charge >= 0.3 is 0 Å². The van der Waals surface area contributed by atoms with Crippen molar-refractivity contribution in [2.45, 2.75) is 38.7 Å². The number of likely N-dealkylation sites (tertiary alicyclic amines) is 1. The molecular weight excluding hydrogens is 394 g/mol. The molecule has 0 saturated carbocycles. The van der Waals surface area contributed by atoms with Crippen molar-refractivity contribution in [2.75, 3.05) is 27.4 Å². The average Bonchev–Trinajstić information content (AvgIpc) is 3.28. The number of benzene rings is 1. The fourth-order valence-electron chi connectivity index (χ4n) is 5.41. The maximum Gasteiger partial charge on any atom is 0.233 e. The first-order chi connectivity index (χ1) is 14.9. The number of ether oxygens (including phenoxy) is 2. The topological polar surface area (TPSA) is 76.1 Å². The van der Waals surface area contributed by atoms with E-state index in [9.17, 15) is 14.7 Å². The fraction of sp³-hybridized carbons (Fsp3) is 0.520. The van der Waals surface area contributed by atoms with Crippen molar-refractivity contribution in [2.24, 2.45) is 17.8 Å². The summed E-state index contributed by atoms with van der Waals surface area (Å²) >= 11 is 0. The van der Waals surface area contributed by atoms with Crippen LogP contribution in [-0.2, 0) is 19.1 Å². The van der Waals surface area contributed by atoms with Crippen molar-refractivity contribution < 1.29 is 24.2 Å². The standard InChI is InChI=1S/C25H31NO5/c1-4-15(11-16-5-8-18(27)9-6-16)7-10-21-22-17(13-30-3)12-19-23(20(22)14-31-21)25(29)26(2)24(19)28/h5-6,8-9,11,19-21,23,27H,4,7,10,12-14H2,1-3H3/b15-11+/t19-,20+,21-,23-/m1/s1. The van der Waals surface area contributed by atoms with Crippen LogP contribution in [0.4, 0.5) is 0 Å². The Kier molecular flexibility index (Phi) is 6.30. The number of carbonyl (C=O) groups excluding carboxylic acids is 2. The van der Waals surface area contributed by atoms with E-state index in [1.807, 2.05) is 12.1 Å². The molecule has 3 aliphatic rings. The maximum absolute atomic E-state index is 12.8. The molecule has 0 unspecified atom stereocenters. The SMILES string of the molecule is CC/C(=C\c1ccc(O)cc1)CC[C@H]1OC[C@H]2C1=C(COC)C[C@H]1C(=O)N(C)C(=O)[C@H]12. The Labute approximate surface area is 183 Å². The number of hydrogen-bond acceptors (Lipinski definition) is 5. The second-order valence-corrected chi connectivity index (χ2v) is 8.78. The zero-order valence-corrected chi connectivity index (χ0v) is 18.5. The van der Waals surface area contributed by atoms with Gasteiger partial charge in [0, 0.05) is 20.1 Å². The number of methoxy groups -OCH3 is 1. The summed E-state index contributed by atoms with van der Waals surface area (Å²) in [6.07, 6.45) is 5.37. The van der Waals surface area contributed by atoms with Crippen LogP contribution in [0.15, 0.2) is 41.0 Å². The number of allylic oxidation sites excluding steroid dienone is 1. The number of rotatable bonds is 7. The van der Waals surface area contributed by atoms with Gasteiger partial charge in [-0.1, -0.05) is 30.7 Å². The number of hydrogen-bond donors (Lipinski definition) is 1. The Hall–Kier alpha value is -2.44. The van der Waals surface area contributed by atoms with Gasteiger partial charge in [-0.25, -0.2) is 0 Å². The molecule has 2 heterocycles. The number of amides is 2. The van der Waals surface area contributed by atoms with E-state index in [4.69, 9.17) is 9.47 Å². The van der Waals surface area contributed by atoms with E-state index >= 15 is 0 Å². The molecule has 166 valence electrons. The predicted octanol–water partition coefficient (Wildman–Crippen LogP) is 3.56. The van der Waals surface area contributed by atoms with Gasteiger partial charge in [-0.05, 0) is 54.5 Å². The summed E-state index contributed by atoms with van der Waals surface area (Å²) in [5, 5.41) is 9.49. The molecule has 0 radical (unpaired) electrons. The third kappa shape index (κ3) is 4.06. The van der Waals surface area contributed by atoms with Crippen molar-refractivity contribution in [3.05, 3.63) is 46.5 Å². The first-order valence-corrected chi connectivity index (χ1v) is 11.1. The molecule has 2 fully saturated rings. The quantitative estimate of drug-likeness (QED) is 0.534. The second kappa shape index (κ2) is 8.97. The van der Waals surface area contributed by atoms with Crippen molar-refractivity contribution in [3.63, 3.8) is 0 Å². The van der Waals surface area contributed by atoms with Crippen LogP contribution in [0.3, 0.4) is 0 Å². The maximum atomic E-state index is 12.8. The smallest absolute Gasteiger partial charge is 0.233 e. The average molecular weight is 426 g/mol. The lowest BCUT2D eigenvalue weighted by atomic mass is 9.69. The molecule has 4 rings (SSSR count). The molecule has 0 aromatic heterocycles. The molecule has 1 N–H and O–H groups in total. The monoisotopic (exact) mass is 425 g/mol. The largest absolute Gasteiger partial charge is 0.508 e. The van der Waals surface area contributed by atoms with Gasteiger partial charge < -0.3 is 14.6 Å². The zero-order valence-electron chi connectivity index (χ0n) is 18.5. The number of aromatic hydroxyl groups is 1. The highest BCUT2D eigenvalue weighted by Crippen LogP contribution is 2.49. The van der Waals surface area contributed by atoms with Crippen molar-refractivity contribution >= 4 is 17.9 Å². The number of imide groups is 1. The molecule has 31 heavy (non-hydrogen) atoms. The van der Waals surface area contributed by atoms with E-state index in [-0.39, 0.29) is 41.4 Å². The number of fused-ring (bicyclic) bond motifs is 3. The zero-order chi connectivity index (χ0) is 22.1. The van der Waals surface area contributed by atoms with Gasteiger partial charge in [0.2, 0.25) is 11.8 Å². The summed E-state index contributed by atoms with van der Waals surface area (Å²) in [7, 11) is 3.26. The first kappa shape index (κ1) is 21.8. The summed E-state index contributed by atoms with van der Waals surface area (Å²) in [5.74, 6) is -0.479. The molecule has 0 bridgehead atoms. The Balaban J connectivity index is 1.54. The van der Waals surface area contributed by atoms with Gasteiger partial charge in [0.1, 0.15) is 5.75 Å². The molecule has 6 nitrogen and oxygen atoms in total. The molecule has 6 heteroatoms. The highest BCUT2D eigenvalue weighted by Gasteiger charge is 2.55. The highest BCUT2D eigenvalue weighted by atomic mass is 16.5. The number of phenolic OH excluding ortho intramolecular Hbond substituents is 1. The molecular formula is C25H31NO5. The van der Waals surface area contributed by atoms with Gasteiger partial charge in [-0.2, -0.15) is 0 Å². The van der Waals surface area contributed by atoms with Crippen LogP contribution < -0.4 is 0 Å². The van der Waals surface area contributed by atoms with E-state index in [1.54, 1.807) is 26.3 Å². The minimum Gasteiger partial charge on any atom is -0.508 e. The minimum absolute atomic E-state index is 0.0264. The predicted molar refractivity (Wildman–Crippen MR) is 117 cm³/mol. The van der Waals surface area contributed by atoms with Crippen LogP contribution in [-0.4, -0.2) is 55.3 Å². The molecule has 1 aromatic rings. The summed E-state index contributed by atoms with van der Waals surface area (Å²) < 4.78 is 11.7. The van der Waals surface area contributed by atoms with E-state index in [0.29, 0.717) is 19.6 Å². The summed E-state index contributed by atoms with van der Waals surface area (Å²) in [6, 6.07) is 7.21. The van der Waals surface area contributed by atoms with Crippen LogP contribution in [0.2, 0.25) is 0 Å². The molecule has 0 spiro atoms. The van der Waals surface area contributed by atoms with E-state index < -0.39 is 0 Å². The summed E-state index contributed by atoms with van der Waals surface area (Å²) in [5.41, 5.74) is 4.71. The Morgan fingerprint density at radius 1 is 1.23 bits per heavy atom. The fourth-order valence-corrected chi connectivity index (χ4v) is 5.41.